The van der Waals surface area contributed by atoms with Crippen LogP contribution >= 0.6 is 0 Å². The summed E-state index contributed by atoms with van der Waals surface area (Å²) in [6, 6.07) is 14.4. The predicted octanol–water partition coefficient (Wildman–Crippen LogP) is 4.61. The van der Waals surface area contributed by atoms with Crippen molar-refractivity contribution in [2.75, 3.05) is 5.32 Å². The van der Waals surface area contributed by atoms with Crippen LogP contribution in [0.15, 0.2) is 48.5 Å². The fraction of sp³-hybridized carbons (Fsp3) is 0.364. The highest BCUT2D eigenvalue weighted by molar-refractivity contribution is 6.04. The standard InChI is InChI=1S/C22H27NO4/c1-5-15(3)26-22(25)16(4)27-19-13-11-18(12-14-19)21(24)23-20-10-8-7-9-17(20)6-2/h7-16H,5-6H2,1-4H3,(H,23,24)/t15-,16+/m0/s1. The lowest BCUT2D eigenvalue weighted by molar-refractivity contribution is -0.155. The minimum atomic E-state index is -0.713. The van der Waals surface area contributed by atoms with E-state index in [0.29, 0.717) is 11.3 Å². The zero-order valence-electron chi connectivity index (χ0n) is 16.3. The quantitative estimate of drug-likeness (QED) is 0.690. The maximum Gasteiger partial charge on any atom is 0.347 e. The Hall–Kier alpha value is -2.82. The van der Waals surface area contributed by atoms with Gasteiger partial charge in [0.15, 0.2) is 6.10 Å². The Morgan fingerprint density at radius 3 is 2.30 bits per heavy atom. The first-order chi connectivity index (χ1) is 12.9. The van der Waals surface area contributed by atoms with Crippen LogP contribution in [0.3, 0.4) is 0 Å². The molecule has 2 rings (SSSR count). The summed E-state index contributed by atoms with van der Waals surface area (Å²) in [5.74, 6) is -0.0804. The Labute approximate surface area is 160 Å². The van der Waals surface area contributed by atoms with Crippen LogP contribution in [0.25, 0.3) is 0 Å². The Morgan fingerprint density at radius 2 is 1.67 bits per heavy atom. The van der Waals surface area contributed by atoms with E-state index in [4.69, 9.17) is 9.47 Å². The number of benzene rings is 2. The first-order valence-corrected chi connectivity index (χ1v) is 9.31. The van der Waals surface area contributed by atoms with Crippen LogP contribution in [0.5, 0.6) is 5.75 Å². The smallest absolute Gasteiger partial charge is 0.347 e. The number of nitrogens with one attached hydrogen (secondary N) is 1. The molecule has 0 heterocycles. The molecule has 0 fully saturated rings. The molecule has 0 aromatic heterocycles. The molecule has 0 radical (unpaired) electrons. The van der Waals surface area contributed by atoms with Crippen molar-refractivity contribution in [3.05, 3.63) is 59.7 Å². The van der Waals surface area contributed by atoms with E-state index in [9.17, 15) is 9.59 Å². The summed E-state index contributed by atoms with van der Waals surface area (Å²) in [7, 11) is 0. The van der Waals surface area contributed by atoms with Gasteiger partial charge in [0.2, 0.25) is 0 Å². The van der Waals surface area contributed by atoms with Gasteiger partial charge in [-0.1, -0.05) is 32.0 Å². The van der Waals surface area contributed by atoms with Crippen LogP contribution in [0.1, 0.15) is 50.0 Å². The molecular weight excluding hydrogens is 342 g/mol. The second kappa shape index (κ2) is 9.76. The maximum atomic E-state index is 12.5. The molecule has 0 unspecified atom stereocenters. The Morgan fingerprint density at radius 1 is 1.00 bits per heavy atom. The molecule has 1 N–H and O–H groups in total. The van der Waals surface area contributed by atoms with Gasteiger partial charge in [0.25, 0.3) is 5.91 Å². The third-order valence-electron chi connectivity index (χ3n) is 4.30. The van der Waals surface area contributed by atoms with Crippen molar-refractivity contribution in [1.29, 1.82) is 0 Å². The average Bonchev–Trinajstić information content (AvgIpc) is 2.68. The van der Waals surface area contributed by atoms with Gasteiger partial charge >= 0.3 is 5.97 Å². The highest BCUT2D eigenvalue weighted by Crippen LogP contribution is 2.19. The first kappa shape index (κ1) is 20.5. The van der Waals surface area contributed by atoms with Gasteiger partial charge in [-0.15, -0.1) is 0 Å². The molecule has 2 aromatic carbocycles. The minimum absolute atomic E-state index is 0.138. The summed E-state index contributed by atoms with van der Waals surface area (Å²) < 4.78 is 10.9. The van der Waals surface area contributed by atoms with Crippen LogP contribution in [-0.2, 0) is 16.0 Å². The van der Waals surface area contributed by atoms with Gasteiger partial charge < -0.3 is 14.8 Å². The molecule has 27 heavy (non-hydrogen) atoms. The zero-order chi connectivity index (χ0) is 19.8. The third-order valence-corrected chi connectivity index (χ3v) is 4.30. The summed E-state index contributed by atoms with van der Waals surface area (Å²) >= 11 is 0. The molecule has 0 aliphatic carbocycles. The normalized spacial score (nSPS) is 12.7. The van der Waals surface area contributed by atoms with Gasteiger partial charge in [-0.05, 0) is 62.6 Å². The Bertz CT molecular complexity index is 770. The van der Waals surface area contributed by atoms with Crippen molar-refractivity contribution >= 4 is 17.6 Å². The molecule has 2 aromatic rings. The topological polar surface area (TPSA) is 64.6 Å². The molecule has 144 valence electrons. The SMILES string of the molecule is CCc1ccccc1NC(=O)c1ccc(O[C@H](C)C(=O)O[C@@H](C)CC)cc1. The van der Waals surface area contributed by atoms with Crippen molar-refractivity contribution in [3.63, 3.8) is 0 Å². The number of esters is 1. The van der Waals surface area contributed by atoms with E-state index in [0.717, 1.165) is 24.1 Å². The van der Waals surface area contributed by atoms with E-state index < -0.39 is 12.1 Å². The van der Waals surface area contributed by atoms with Gasteiger partial charge in [0, 0.05) is 11.3 Å². The number of rotatable bonds is 8. The molecular formula is C22H27NO4. The molecule has 0 saturated carbocycles. The summed E-state index contributed by atoms with van der Waals surface area (Å²) in [5, 5.41) is 2.93. The zero-order valence-corrected chi connectivity index (χ0v) is 16.3. The second-order valence-electron chi connectivity index (χ2n) is 6.41. The van der Waals surface area contributed by atoms with Crippen molar-refractivity contribution in [3.8, 4) is 5.75 Å². The van der Waals surface area contributed by atoms with E-state index in [1.165, 1.54) is 0 Å². The lowest BCUT2D eigenvalue weighted by Gasteiger charge is -2.17. The van der Waals surface area contributed by atoms with E-state index in [1.54, 1.807) is 31.2 Å². The summed E-state index contributed by atoms with van der Waals surface area (Å²) in [6.07, 6.45) is 0.743. The minimum Gasteiger partial charge on any atom is -0.479 e. The first-order valence-electron chi connectivity index (χ1n) is 9.31. The van der Waals surface area contributed by atoms with Gasteiger partial charge in [-0.25, -0.2) is 4.79 Å². The molecule has 5 heteroatoms. The second-order valence-corrected chi connectivity index (χ2v) is 6.41. The molecule has 0 aliphatic heterocycles. The van der Waals surface area contributed by atoms with E-state index in [-0.39, 0.29) is 12.0 Å². The number of aryl methyl sites for hydroxylation is 1. The van der Waals surface area contributed by atoms with E-state index in [1.807, 2.05) is 45.0 Å². The van der Waals surface area contributed by atoms with Crippen LogP contribution in [0.4, 0.5) is 5.69 Å². The number of carbonyl (C=O) groups is 2. The molecule has 0 spiro atoms. The number of anilines is 1. The number of amides is 1. The summed E-state index contributed by atoms with van der Waals surface area (Å²) in [6.45, 7) is 7.48. The van der Waals surface area contributed by atoms with E-state index >= 15 is 0 Å². The van der Waals surface area contributed by atoms with Crippen molar-refractivity contribution in [1.82, 2.24) is 0 Å². The van der Waals surface area contributed by atoms with E-state index in [2.05, 4.69) is 5.32 Å². The molecule has 0 bridgehead atoms. The number of para-hydroxylation sites is 1. The molecule has 5 nitrogen and oxygen atoms in total. The Kier molecular flexibility index (Phi) is 7.41. The van der Waals surface area contributed by atoms with Crippen LogP contribution in [-0.4, -0.2) is 24.1 Å². The molecule has 2 atom stereocenters. The monoisotopic (exact) mass is 369 g/mol. The highest BCUT2D eigenvalue weighted by atomic mass is 16.6. The van der Waals surface area contributed by atoms with Gasteiger partial charge in [0.05, 0.1) is 6.10 Å². The number of hydrogen-bond donors (Lipinski definition) is 1. The van der Waals surface area contributed by atoms with Crippen molar-refractivity contribution in [2.45, 2.75) is 52.7 Å². The van der Waals surface area contributed by atoms with Crippen LogP contribution in [0.2, 0.25) is 0 Å². The van der Waals surface area contributed by atoms with Gasteiger partial charge in [-0.3, -0.25) is 4.79 Å². The maximum absolute atomic E-state index is 12.5. The van der Waals surface area contributed by atoms with Crippen molar-refractivity contribution < 1.29 is 19.1 Å². The number of hydrogen-bond acceptors (Lipinski definition) is 4. The average molecular weight is 369 g/mol. The summed E-state index contributed by atoms with van der Waals surface area (Å²) in [5.41, 5.74) is 2.41. The summed E-state index contributed by atoms with van der Waals surface area (Å²) in [4.78, 5) is 24.4. The largest absolute Gasteiger partial charge is 0.479 e. The molecule has 1 amide bonds. The molecule has 0 saturated heterocycles. The van der Waals surface area contributed by atoms with Crippen LogP contribution < -0.4 is 10.1 Å². The van der Waals surface area contributed by atoms with Crippen molar-refractivity contribution in [2.24, 2.45) is 0 Å². The molecule has 0 aliphatic rings. The van der Waals surface area contributed by atoms with Gasteiger partial charge in [0.1, 0.15) is 5.75 Å². The van der Waals surface area contributed by atoms with Crippen LogP contribution in [0, 0.1) is 0 Å². The highest BCUT2D eigenvalue weighted by Gasteiger charge is 2.18. The lowest BCUT2D eigenvalue weighted by Crippen LogP contribution is -2.29. The fourth-order valence-electron chi connectivity index (χ4n) is 2.46. The van der Waals surface area contributed by atoms with Gasteiger partial charge in [-0.2, -0.15) is 0 Å². The fourth-order valence-corrected chi connectivity index (χ4v) is 2.46. The predicted molar refractivity (Wildman–Crippen MR) is 106 cm³/mol. The number of carbonyl (C=O) groups excluding carboxylic acids is 2. The third kappa shape index (κ3) is 5.84. The number of ether oxygens (including phenoxy) is 2. The Balaban J connectivity index is 1.98. The lowest BCUT2D eigenvalue weighted by atomic mass is 10.1.